The number of rotatable bonds is 5. The van der Waals surface area contributed by atoms with Crippen LogP contribution in [-0.2, 0) is 20.5 Å². The van der Waals surface area contributed by atoms with Gasteiger partial charge in [-0.15, -0.1) is 0 Å². The van der Waals surface area contributed by atoms with Crippen LogP contribution in [0.25, 0.3) is 0 Å². The van der Waals surface area contributed by atoms with Crippen LogP contribution in [0.4, 0.5) is 0 Å². The lowest BCUT2D eigenvalue weighted by Gasteiger charge is -2.29. The predicted molar refractivity (Wildman–Crippen MR) is 111 cm³/mol. The molecule has 2 aromatic rings. The Kier molecular flexibility index (Phi) is 6.21. The first-order chi connectivity index (χ1) is 14.4. The summed E-state index contributed by atoms with van der Waals surface area (Å²) in [4.78, 5) is 19.0. The third-order valence-corrected chi connectivity index (χ3v) is 7.55. The molecule has 2 fully saturated rings. The van der Waals surface area contributed by atoms with E-state index in [-0.39, 0.29) is 17.6 Å². The van der Waals surface area contributed by atoms with Crippen LogP contribution in [0.2, 0.25) is 0 Å². The van der Waals surface area contributed by atoms with Crippen molar-refractivity contribution in [1.29, 1.82) is 0 Å². The molecule has 1 aromatic heterocycles. The van der Waals surface area contributed by atoms with Gasteiger partial charge in [0, 0.05) is 32.1 Å². The molecule has 8 nitrogen and oxygen atoms in total. The molecule has 0 N–H and O–H groups in total. The van der Waals surface area contributed by atoms with Gasteiger partial charge in [-0.2, -0.15) is 0 Å². The summed E-state index contributed by atoms with van der Waals surface area (Å²) in [5, 5.41) is 0. The van der Waals surface area contributed by atoms with Crippen molar-refractivity contribution in [3.63, 3.8) is 0 Å². The Morgan fingerprint density at radius 1 is 1.10 bits per heavy atom. The highest BCUT2D eigenvalue weighted by Crippen LogP contribution is 2.30. The van der Waals surface area contributed by atoms with Gasteiger partial charge in [-0.25, -0.2) is 17.7 Å². The van der Waals surface area contributed by atoms with E-state index >= 15 is 0 Å². The maximum Gasteiger partial charge on any atom is 0.276 e. The Bertz CT molecular complexity index is 975. The normalized spacial score (nSPS) is 19.2. The van der Waals surface area contributed by atoms with Crippen molar-refractivity contribution in [2.45, 2.75) is 31.4 Å². The summed E-state index contributed by atoms with van der Waals surface area (Å²) in [6.45, 7) is 4.78. The molecular weight excluding hydrogens is 406 g/mol. The van der Waals surface area contributed by atoms with Gasteiger partial charge in [0.1, 0.15) is 5.76 Å². The van der Waals surface area contributed by atoms with Crippen molar-refractivity contribution in [3.8, 4) is 0 Å². The van der Waals surface area contributed by atoms with Gasteiger partial charge in [-0.3, -0.25) is 4.79 Å². The molecular formula is C21H27N3O5S. The number of nitrogens with zero attached hydrogens (tertiary/aromatic N) is 3. The number of piperidine rings is 1. The number of ether oxygens (including phenoxy) is 1. The number of benzene rings is 1. The monoisotopic (exact) mass is 433 g/mol. The average Bonchev–Trinajstić information content (AvgIpc) is 3.16. The topological polar surface area (TPSA) is 93.0 Å². The fourth-order valence-electron chi connectivity index (χ4n) is 3.96. The van der Waals surface area contributed by atoms with Crippen molar-refractivity contribution >= 4 is 15.9 Å². The van der Waals surface area contributed by atoms with Crippen LogP contribution in [0.15, 0.2) is 34.7 Å². The quantitative estimate of drug-likeness (QED) is 0.717. The molecule has 0 unspecified atom stereocenters. The minimum absolute atomic E-state index is 0.00875. The number of hydrogen-bond acceptors (Lipinski definition) is 6. The number of oxazole rings is 1. The van der Waals surface area contributed by atoms with E-state index in [2.05, 4.69) is 4.98 Å². The summed E-state index contributed by atoms with van der Waals surface area (Å²) < 4.78 is 38.2. The summed E-state index contributed by atoms with van der Waals surface area (Å²) in [6, 6.07) is 9.22. The smallest absolute Gasteiger partial charge is 0.276 e. The predicted octanol–water partition coefficient (Wildman–Crippen LogP) is 2.16. The number of aromatic nitrogens is 1. The van der Waals surface area contributed by atoms with Crippen molar-refractivity contribution < 1.29 is 22.4 Å². The van der Waals surface area contributed by atoms with Gasteiger partial charge in [-0.1, -0.05) is 30.3 Å². The van der Waals surface area contributed by atoms with Gasteiger partial charge in [0.05, 0.1) is 19.0 Å². The van der Waals surface area contributed by atoms with Crippen LogP contribution in [-0.4, -0.2) is 67.9 Å². The fourth-order valence-corrected chi connectivity index (χ4v) is 5.53. The third kappa shape index (κ3) is 4.58. The van der Waals surface area contributed by atoms with Gasteiger partial charge in [0.15, 0.2) is 11.6 Å². The minimum Gasteiger partial charge on any atom is -0.445 e. The maximum atomic E-state index is 12.7. The maximum absolute atomic E-state index is 12.7. The molecule has 0 bridgehead atoms. The number of hydrogen-bond donors (Lipinski definition) is 0. The summed E-state index contributed by atoms with van der Waals surface area (Å²) in [5.41, 5.74) is 1.14. The molecule has 0 radical (unpaired) electrons. The third-order valence-electron chi connectivity index (χ3n) is 5.70. The molecule has 30 heavy (non-hydrogen) atoms. The second-order valence-corrected chi connectivity index (χ2v) is 9.75. The fraction of sp³-hybridized carbons (Fsp3) is 0.524. The van der Waals surface area contributed by atoms with E-state index in [1.54, 1.807) is 16.1 Å². The van der Waals surface area contributed by atoms with E-state index in [0.29, 0.717) is 69.6 Å². The van der Waals surface area contributed by atoms with Crippen LogP contribution in [0.3, 0.4) is 0 Å². The van der Waals surface area contributed by atoms with E-state index in [0.717, 1.165) is 5.56 Å². The highest BCUT2D eigenvalue weighted by atomic mass is 32.2. The van der Waals surface area contributed by atoms with Crippen molar-refractivity contribution in [2.24, 2.45) is 0 Å². The zero-order valence-electron chi connectivity index (χ0n) is 17.1. The number of aryl methyl sites for hydroxylation is 1. The molecule has 1 aromatic carbocycles. The minimum atomic E-state index is -3.36. The van der Waals surface area contributed by atoms with Gasteiger partial charge in [0.25, 0.3) is 5.91 Å². The molecule has 2 aliphatic rings. The SMILES string of the molecule is Cc1oc(C2CCN(S(=O)(=O)Cc3ccccc3)CC2)nc1C(=O)N1CCOCC1. The number of amides is 1. The lowest BCUT2D eigenvalue weighted by atomic mass is 9.98. The van der Waals surface area contributed by atoms with Crippen LogP contribution in [0.1, 0.15) is 46.5 Å². The van der Waals surface area contributed by atoms with Crippen molar-refractivity contribution in [3.05, 3.63) is 53.2 Å². The molecule has 0 atom stereocenters. The molecule has 4 rings (SSSR count). The molecule has 1 amide bonds. The lowest BCUT2D eigenvalue weighted by Crippen LogP contribution is -2.41. The van der Waals surface area contributed by atoms with Crippen LogP contribution in [0.5, 0.6) is 0 Å². The first-order valence-electron chi connectivity index (χ1n) is 10.3. The molecule has 0 aliphatic carbocycles. The highest BCUT2D eigenvalue weighted by Gasteiger charge is 2.32. The van der Waals surface area contributed by atoms with Gasteiger partial charge < -0.3 is 14.1 Å². The number of carbonyl (C=O) groups is 1. The molecule has 0 saturated carbocycles. The summed E-state index contributed by atoms with van der Waals surface area (Å²) in [7, 11) is -3.36. The standard InChI is InChI=1S/C21H27N3O5S/c1-16-19(21(25)23-11-13-28-14-12-23)22-20(29-16)18-7-9-24(10-8-18)30(26,27)15-17-5-3-2-4-6-17/h2-6,18H,7-15H2,1H3. The zero-order chi connectivity index (χ0) is 21.1. The Morgan fingerprint density at radius 3 is 2.43 bits per heavy atom. The Balaban J connectivity index is 1.39. The van der Waals surface area contributed by atoms with E-state index < -0.39 is 10.0 Å². The molecule has 3 heterocycles. The summed E-state index contributed by atoms with van der Waals surface area (Å²) in [6.07, 6.45) is 1.25. The Morgan fingerprint density at radius 2 is 1.77 bits per heavy atom. The highest BCUT2D eigenvalue weighted by molar-refractivity contribution is 7.88. The van der Waals surface area contributed by atoms with Crippen molar-refractivity contribution in [2.75, 3.05) is 39.4 Å². The summed E-state index contributed by atoms with van der Waals surface area (Å²) in [5.74, 6) is 0.936. The van der Waals surface area contributed by atoms with Gasteiger partial charge in [-0.05, 0) is 25.3 Å². The largest absolute Gasteiger partial charge is 0.445 e. The zero-order valence-corrected chi connectivity index (χ0v) is 17.9. The van der Waals surface area contributed by atoms with E-state index in [1.165, 1.54) is 0 Å². The number of morpholine rings is 1. The molecule has 2 saturated heterocycles. The van der Waals surface area contributed by atoms with Crippen molar-refractivity contribution in [1.82, 2.24) is 14.2 Å². The molecule has 0 spiro atoms. The van der Waals surface area contributed by atoms with Crippen LogP contribution in [0, 0.1) is 6.92 Å². The second-order valence-electron chi connectivity index (χ2n) is 7.78. The van der Waals surface area contributed by atoms with E-state index in [4.69, 9.17) is 9.15 Å². The Hall–Kier alpha value is -2.23. The summed E-state index contributed by atoms with van der Waals surface area (Å²) >= 11 is 0. The average molecular weight is 434 g/mol. The first-order valence-corrected chi connectivity index (χ1v) is 11.9. The Labute approximate surface area is 176 Å². The first kappa shape index (κ1) is 21.0. The van der Waals surface area contributed by atoms with Crippen LogP contribution < -0.4 is 0 Å². The molecule has 162 valence electrons. The second kappa shape index (κ2) is 8.87. The number of sulfonamides is 1. The molecule has 2 aliphatic heterocycles. The van der Waals surface area contributed by atoms with Gasteiger partial charge in [0.2, 0.25) is 10.0 Å². The number of carbonyl (C=O) groups excluding carboxylic acids is 1. The van der Waals surface area contributed by atoms with Gasteiger partial charge >= 0.3 is 0 Å². The lowest BCUT2D eigenvalue weighted by molar-refractivity contribution is 0.0298. The van der Waals surface area contributed by atoms with E-state index in [1.807, 2.05) is 30.3 Å². The van der Waals surface area contributed by atoms with E-state index in [9.17, 15) is 13.2 Å². The molecule has 9 heteroatoms. The van der Waals surface area contributed by atoms with Crippen LogP contribution >= 0.6 is 0 Å².